The van der Waals surface area contributed by atoms with Crippen molar-refractivity contribution >= 4 is 27.8 Å². The molecule has 1 amide bonds. The summed E-state index contributed by atoms with van der Waals surface area (Å²) in [6, 6.07) is 12.8. The number of nitrogens with one attached hydrogen (secondary N) is 1. The summed E-state index contributed by atoms with van der Waals surface area (Å²) in [6.07, 6.45) is 6.73. The third kappa shape index (κ3) is 4.96. The monoisotopic (exact) mass is 580 g/mol. The zero-order valence-electron chi connectivity index (χ0n) is 24.4. The molecule has 11 heteroatoms. The topological polar surface area (TPSA) is 104 Å². The molecule has 2 aromatic carbocycles. The number of hydrogen-bond acceptors (Lipinski definition) is 7. The van der Waals surface area contributed by atoms with Gasteiger partial charge < -0.3 is 33.4 Å². The first-order valence-electron chi connectivity index (χ1n) is 15.3. The average Bonchev–Trinajstić information content (AvgIpc) is 3.39. The van der Waals surface area contributed by atoms with Crippen molar-refractivity contribution in [2.45, 2.75) is 38.4 Å². The van der Waals surface area contributed by atoms with E-state index in [1.165, 1.54) is 12.8 Å². The first-order valence-corrected chi connectivity index (χ1v) is 15.3. The SMILES string of the molecule is Cn1c(-c2cc3cccc(OCCn4cnnc4)c3n2CC2CC2)nc2cc3c(cc21)CCN(C[C@H]1COCCN1)C3=O. The Kier molecular flexibility index (Phi) is 6.64. The van der Waals surface area contributed by atoms with E-state index in [4.69, 9.17) is 14.5 Å². The van der Waals surface area contributed by atoms with E-state index in [2.05, 4.69) is 62.0 Å². The summed E-state index contributed by atoms with van der Waals surface area (Å²) in [5.41, 5.74) is 5.93. The van der Waals surface area contributed by atoms with E-state index in [9.17, 15) is 4.79 Å². The normalized spacial score (nSPS) is 19.0. The van der Waals surface area contributed by atoms with Crippen LogP contribution in [0.1, 0.15) is 28.8 Å². The van der Waals surface area contributed by atoms with Crippen molar-refractivity contribution in [3.8, 4) is 17.3 Å². The van der Waals surface area contributed by atoms with Crippen molar-refractivity contribution in [1.82, 2.24) is 39.1 Å². The predicted molar refractivity (Wildman–Crippen MR) is 162 cm³/mol. The van der Waals surface area contributed by atoms with Crippen molar-refractivity contribution < 1.29 is 14.3 Å². The summed E-state index contributed by atoms with van der Waals surface area (Å²) in [7, 11) is 2.08. The number of rotatable bonds is 9. The summed E-state index contributed by atoms with van der Waals surface area (Å²) >= 11 is 0. The number of nitrogens with zero attached hydrogens (tertiary/aromatic N) is 7. The van der Waals surface area contributed by atoms with Gasteiger partial charge in [0.15, 0.2) is 5.82 Å². The second-order valence-corrected chi connectivity index (χ2v) is 12.0. The van der Waals surface area contributed by atoms with Crippen molar-refractivity contribution in [3.05, 3.63) is 60.2 Å². The lowest BCUT2D eigenvalue weighted by atomic mass is 9.97. The van der Waals surface area contributed by atoms with Gasteiger partial charge >= 0.3 is 0 Å². The zero-order chi connectivity index (χ0) is 28.9. The van der Waals surface area contributed by atoms with Gasteiger partial charge in [0.05, 0.1) is 42.0 Å². The number of amides is 1. The number of ether oxygens (including phenoxy) is 2. The van der Waals surface area contributed by atoms with Gasteiger partial charge in [0.1, 0.15) is 25.0 Å². The van der Waals surface area contributed by atoms with E-state index in [1.807, 2.05) is 15.5 Å². The molecule has 0 spiro atoms. The van der Waals surface area contributed by atoms with Crippen LogP contribution in [0.4, 0.5) is 0 Å². The minimum Gasteiger partial charge on any atom is -0.490 e. The van der Waals surface area contributed by atoms with Crippen LogP contribution in [0.5, 0.6) is 5.75 Å². The molecule has 3 aliphatic rings. The maximum Gasteiger partial charge on any atom is 0.254 e. The third-order valence-corrected chi connectivity index (χ3v) is 9.04. The van der Waals surface area contributed by atoms with Crippen LogP contribution in [-0.4, -0.2) is 85.2 Å². The van der Waals surface area contributed by atoms with Gasteiger partial charge in [0, 0.05) is 50.2 Å². The number of carbonyl (C=O) groups excluding carboxylic acids is 1. The number of aryl methyl sites for hydroxylation is 1. The highest BCUT2D eigenvalue weighted by Crippen LogP contribution is 2.39. The molecule has 222 valence electrons. The van der Waals surface area contributed by atoms with Crippen LogP contribution < -0.4 is 10.1 Å². The Morgan fingerprint density at radius 3 is 2.81 bits per heavy atom. The van der Waals surface area contributed by atoms with E-state index >= 15 is 0 Å². The number of benzene rings is 2. The van der Waals surface area contributed by atoms with Crippen LogP contribution in [0.2, 0.25) is 0 Å². The van der Waals surface area contributed by atoms with Gasteiger partial charge in [-0.25, -0.2) is 4.98 Å². The quantitative estimate of drug-likeness (QED) is 0.285. The predicted octanol–water partition coefficient (Wildman–Crippen LogP) is 3.26. The number of aromatic nitrogens is 6. The van der Waals surface area contributed by atoms with Crippen molar-refractivity contribution in [1.29, 1.82) is 0 Å². The Bertz CT molecular complexity index is 1800. The largest absolute Gasteiger partial charge is 0.490 e. The second kappa shape index (κ2) is 10.8. The fraction of sp³-hybridized carbons (Fsp3) is 0.438. The molecule has 2 aliphatic heterocycles. The fourth-order valence-corrected chi connectivity index (χ4v) is 6.56. The van der Waals surface area contributed by atoms with Crippen LogP contribution >= 0.6 is 0 Å². The molecule has 5 heterocycles. The molecule has 0 radical (unpaired) electrons. The van der Waals surface area contributed by atoms with Crippen LogP contribution in [0.3, 0.4) is 0 Å². The summed E-state index contributed by atoms with van der Waals surface area (Å²) in [4.78, 5) is 20.7. The van der Waals surface area contributed by atoms with E-state index < -0.39 is 0 Å². The Labute approximate surface area is 249 Å². The molecular formula is C32H36N8O3. The molecular weight excluding hydrogens is 544 g/mol. The lowest BCUT2D eigenvalue weighted by Gasteiger charge is -2.33. The number of fused-ring (bicyclic) bond motifs is 3. The summed E-state index contributed by atoms with van der Waals surface area (Å²) in [6.45, 7) is 5.70. The van der Waals surface area contributed by atoms with Crippen LogP contribution in [0, 0.1) is 5.92 Å². The van der Waals surface area contributed by atoms with Gasteiger partial charge in [0.25, 0.3) is 5.91 Å². The average molecular weight is 581 g/mol. The number of para-hydroxylation sites is 1. The molecule has 11 nitrogen and oxygen atoms in total. The molecule has 5 aromatic rings. The molecule has 1 aliphatic carbocycles. The number of hydrogen-bond donors (Lipinski definition) is 1. The minimum atomic E-state index is 0.0823. The van der Waals surface area contributed by atoms with Gasteiger partial charge in [0.2, 0.25) is 0 Å². The van der Waals surface area contributed by atoms with Crippen molar-refractivity contribution in [2.75, 3.05) is 39.5 Å². The van der Waals surface area contributed by atoms with E-state index in [0.29, 0.717) is 32.2 Å². The molecule has 43 heavy (non-hydrogen) atoms. The Hall–Kier alpha value is -4.22. The first-order chi connectivity index (χ1) is 21.1. The molecule has 0 bridgehead atoms. The number of carbonyl (C=O) groups is 1. The Morgan fingerprint density at radius 2 is 2.00 bits per heavy atom. The fourth-order valence-electron chi connectivity index (χ4n) is 6.56. The summed E-state index contributed by atoms with van der Waals surface area (Å²) in [5.74, 6) is 2.51. The highest BCUT2D eigenvalue weighted by atomic mass is 16.5. The number of morpholine rings is 1. The maximum atomic E-state index is 13.6. The Morgan fingerprint density at radius 1 is 1.12 bits per heavy atom. The van der Waals surface area contributed by atoms with Gasteiger partial charge in [-0.3, -0.25) is 4.79 Å². The van der Waals surface area contributed by atoms with Crippen molar-refractivity contribution in [3.63, 3.8) is 0 Å². The standard InChI is InChI=1S/C32H36N8O3/c1-37-27-13-22-7-9-39(17-24-18-42-11-8-33-24)32(41)25(22)15-26(27)36-31(37)28-14-23-3-2-4-29(30(23)40(28)16-21-5-6-21)43-12-10-38-19-34-35-20-38/h2-4,13-15,19-21,24,33H,5-12,16-18H2,1H3/t24-/m0/s1. The first kappa shape index (κ1) is 26.4. The molecule has 8 rings (SSSR count). The van der Waals surface area contributed by atoms with Crippen LogP contribution in [-0.2, 0) is 31.3 Å². The highest BCUT2D eigenvalue weighted by molar-refractivity contribution is 6.01. The second-order valence-electron chi connectivity index (χ2n) is 12.0. The smallest absolute Gasteiger partial charge is 0.254 e. The number of imidazole rings is 1. The zero-order valence-corrected chi connectivity index (χ0v) is 24.4. The van der Waals surface area contributed by atoms with E-state index in [-0.39, 0.29) is 11.9 Å². The molecule has 1 atom stereocenters. The maximum absolute atomic E-state index is 13.6. The molecule has 0 unspecified atom stereocenters. The Balaban J connectivity index is 1.14. The van der Waals surface area contributed by atoms with E-state index in [1.54, 1.807) is 12.7 Å². The van der Waals surface area contributed by atoms with Gasteiger partial charge in [-0.15, -0.1) is 10.2 Å². The lowest BCUT2D eigenvalue weighted by Crippen LogP contribution is -2.51. The van der Waals surface area contributed by atoms with Gasteiger partial charge in [-0.2, -0.15) is 0 Å². The highest BCUT2D eigenvalue weighted by Gasteiger charge is 2.30. The molecule has 1 saturated heterocycles. The molecule has 1 saturated carbocycles. The van der Waals surface area contributed by atoms with E-state index in [0.717, 1.165) is 83.0 Å². The lowest BCUT2D eigenvalue weighted by molar-refractivity contribution is 0.0512. The summed E-state index contributed by atoms with van der Waals surface area (Å²) < 4.78 is 18.4. The molecule has 2 fully saturated rings. The third-order valence-electron chi connectivity index (χ3n) is 9.04. The van der Waals surface area contributed by atoms with Crippen molar-refractivity contribution in [2.24, 2.45) is 13.0 Å². The summed E-state index contributed by atoms with van der Waals surface area (Å²) in [5, 5.41) is 12.4. The van der Waals surface area contributed by atoms with Gasteiger partial charge in [-0.05, 0) is 55.0 Å². The van der Waals surface area contributed by atoms with Gasteiger partial charge in [-0.1, -0.05) is 12.1 Å². The minimum absolute atomic E-state index is 0.0823. The molecule has 3 aromatic heterocycles. The van der Waals surface area contributed by atoms with Crippen LogP contribution in [0.15, 0.2) is 49.1 Å². The van der Waals surface area contributed by atoms with Crippen LogP contribution in [0.25, 0.3) is 33.5 Å². The molecule has 1 N–H and O–H groups in total.